The van der Waals surface area contributed by atoms with Crippen molar-refractivity contribution in [1.82, 2.24) is 0 Å². The van der Waals surface area contributed by atoms with E-state index in [2.05, 4.69) is 20.8 Å². The number of esters is 1. The highest BCUT2D eigenvalue weighted by Crippen LogP contribution is 2.67. The van der Waals surface area contributed by atoms with E-state index in [0.29, 0.717) is 41.8 Å². The zero-order valence-electron chi connectivity index (χ0n) is 24.7. The number of aliphatic hydroxyl groups excluding tert-OH is 1. The normalized spacial score (nSPS) is 38.2. The number of Topliss-reactive ketones (excluding diaryl/α,β-unsaturated/α-hetero) is 1. The second-order valence-electron chi connectivity index (χ2n) is 14.1. The minimum Gasteiger partial charge on any atom is -0.465 e. The maximum Gasteiger partial charge on any atom is 0.305 e. The van der Waals surface area contributed by atoms with Gasteiger partial charge in [-0.15, -0.1) is 0 Å². The topological polar surface area (TPSA) is 97.7 Å². The predicted molar refractivity (Wildman–Crippen MR) is 154 cm³/mol. The molecule has 4 saturated carbocycles. The van der Waals surface area contributed by atoms with E-state index < -0.39 is 9.84 Å². The lowest BCUT2D eigenvalue weighted by atomic mass is 9.44. The number of aryl methyl sites for hydroxylation is 1. The first-order valence-electron chi connectivity index (χ1n) is 15.5. The van der Waals surface area contributed by atoms with Crippen LogP contribution in [-0.2, 0) is 24.2 Å². The molecule has 0 saturated heterocycles. The average molecular weight is 573 g/mol. The molecule has 4 fully saturated rings. The second-order valence-corrected chi connectivity index (χ2v) is 16.2. The van der Waals surface area contributed by atoms with Gasteiger partial charge in [0, 0.05) is 18.8 Å². The number of benzene rings is 1. The number of fused-ring (bicyclic) bond motifs is 5. The van der Waals surface area contributed by atoms with Crippen molar-refractivity contribution in [2.24, 2.45) is 46.3 Å². The van der Waals surface area contributed by atoms with E-state index >= 15 is 0 Å². The fourth-order valence-electron chi connectivity index (χ4n) is 9.63. The Labute approximate surface area is 240 Å². The lowest BCUT2D eigenvalue weighted by molar-refractivity contribution is -0.160. The monoisotopic (exact) mass is 572 g/mol. The van der Waals surface area contributed by atoms with Gasteiger partial charge >= 0.3 is 5.97 Å². The van der Waals surface area contributed by atoms with Crippen molar-refractivity contribution in [2.75, 3.05) is 12.4 Å². The molecule has 40 heavy (non-hydrogen) atoms. The summed E-state index contributed by atoms with van der Waals surface area (Å²) in [6, 6.07) is 6.72. The fourth-order valence-corrected chi connectivity index (χ4v) is 10.7. The number of ketones is 1. The van der Waals surface area contributed by atoms with Crippen LogP contribution in [0.1, 0.15) is 90.5 Å². The van der Waals surface area contributed by atoms with Gasteiger partial charge in [-0.25, -0.2) is 8.42 Å². The van der Waals surface area contributed by atoms with Crippen LogP contribution in [0.15, 0.2) is 29.2 Å². The Balaban J connectivity index is 1.15. The number of aliphatic hydroxyl groups is 1. The van der Waals surface area contributed by atoms with E-state index in [4.69, 9.17) is 4.74 Å². The van der Waals surface area contributed by atoms with Crippen molar-refractivity contribution in [1.29, 1.82) is 0 Å². The maximum absolute atomic E-state index is 13.6. The van der Waals surface area contributed by atoms with E-state index in [1.54, 1.807) is 24.3 Å². The number of hydrogen-bond acceptors (Lipinski definition) is 6. The lowest BCUT2D eigenvalue weighted by Crippen LogP contribution is -2.57. The highest BCUT2D eigenvalue weighted by atomic mass is 32.2. The van der Waals surface area contributed by atoms with Crippen molar-refractivity contribution < 1.29 is 27.9 Å². The molecule has 0 heterocycles. The van der Waals surface area contributed by atoms with Gasteiger partial charge in [0.2, 0.25) is 0 Å². The van der Waals surface area contributed by atoms with Gasteiger partial charge in [0.1, 0.15) is 12.4 Å². The van der Waals surface area contributed by atoms with Crippen molar-refractivity contribution in [3.63, 3.8) is 0 Å². The van der Waals surface area contributed by atoms with E-state index in [9.17, 15) is 23.1 Å². The van der Waals surface area contributed by atoms with Gasteiger partial charge < -0.3 is 9.84 Å². The second kappa shape index (κ2) is 11.2. The molecule has 4 aliphatic rings. The quantitative estimate of drug-likeness (QED) is 0.388. The molecule has 1 aromatic rings. The molecule has 7 heteroatoms. The SMILES string of the molecule is Cc1ccc(S(=O)(=O)CCOC(=O)CC[C@@H](C)[C@H]2CC[C@H]3[C@@H]4C(=O)C[C@@H]5C[C@H](O)CC[C@]5(C)[C@H]4CC[C@]23C)cc1. The highest BCUT2D eigenvalue weighted by Gasteiger charge is 2.63. The molecule has 0 radical (unpaired) electrons. The van der Waals surface area contributed by atoms with Gasteiger partial charge in [0.25, 0.3) is 0 Å². The number of sulfone groups is 1. The minimum absolute atomic E-state index is 0.111. The Bertz CT molecular complexity index is 1210. The Morgan fingerprint density at radius 1 is 1.05 bits per heavy atom. The average Bonchev–Trinajstić information content (AvgIpc) is 3.25. The van der Waals surface area contributed by atoms with Crippen molar-refractivity contribution in [3.8, 4) is 0 Å². The molecule has 222 valence electrons. The third-order valence-corrected chi connectivity index (χ3v) is 13.7. The predicted octanol–water partition coefficient (Wildman–Crippen LogP) is 5.93. The van der Waals surface area contributed by atoms with Crippen LogP contribution in [0.5, 0.6) is 0 Å². The summed E-state index contributed by atoms with van der Waals surface area (Å²) in [7, 11) is -3.48. The van der Waals surface area contributed by atoms with Crippen molar-refractivity contribution in [2.45, 2.75) is 103 Å². The first kappa shape index (κ1) is 29.8. The van der Waals surface area contributed by atoms with E-state index in [0.717, 1.165) is 56.9 Å². The summed E-state index contributed by atoms with van der Waals surface area (Å²) in [6.07, 6.45) is 8.47. The summed E-state index contributed by atoms with van der Waals surface area (Å²) in [6.45, 7) is 8.83. The molecule has 1 aromatic carbocycles. The first-order chi connectivity index (χ1) is 18.8. The summed E-state index contributed by atoms with van der Waals surface area (Å²) in [5.41, 5.74) is 1.27. The molecule has 0 unspecified atom stereocenters. The molecule has 5 rings (SSSR count). The molecule has 4 aliphatic carbocycles. The van der Waals surface area contributed by atoms with Crippen molar-refractivity contribution >= 4 is 21.6 Å². The molecule has 9 atom stereocenters. The number of hydrogen-bond donors (Lipinski definition) is 1. The summed E-state index contributed by atoms with van der Waals surface area (Å²) in [4.78, 5) is 26.4. The maximum atomic E-state index is 13.6. The van der Waals surface area contributed by atoms with Crippen LogP contribution < -0.4 is 0 Å². The van der Waals surface area contributed by atoms with Gasteiger partial charge in [-0.1, -0.05) is 38.5 Å². The molecule has 0 aliphatic heterocycles. The van der Waals surface area contributed by atoms with Crippen LogP contribution in [0.25, 0.3) is 0 Å². The number of carbonyl (C=O) groups is 2. The van der Waals surface area contributed by atoms with Gasteiger partial charge in [0.05, 0.1) is 16.8 Å². The fraction of sp³-hybridized carbons (Fsp3) is 0.758. The summed E-state index contributed by atoms with van der Waals surface area (Å²) in [5, 5.41) is 10.3. The zero-order valence-corrected chi connectivity index (χ0v) is 25.5. The van der Waals surface area contributed by atoms with E-state index in [-0.39, 0.29) is 52.5 Å². The Hall–Kier alpha value is -1.73. The molecule has 6 nitrogen and oxygen atoms in total. The van der Waals surface area contributed by atoms with E-state index in [1.807, 2.05) is 6.92 Å². The standard InChI is InChI=1S/C33H48O6S/c1-21-5-8-25(9-6-21)40(37,38)18-17-39-30(36)12-7-22(2)26-10-11-27-31-28(14-16-33(26,27)4)32(3)15-13-24(34)19-23(32)20-29(31)35/h5-6,8-9,22-24,26-28,31,34H,7,10-20H2,1-4H3/t22-,23+,24-,26-,27+,28+,31+,32+,33-/m1/s1. The first-order valence-corrected chi connectivity index (χ1v) is 17.2. The molecule has 0 bridgehead atoms. The zero-order chi connectivity index (χ0) is 28.9. The van der Waals surface area contributed by atoms with Crippen LogP contribution in [0.4, 0.5) is 0 Å². The van der Waals surface area contributed by atoms with Gasteiger partial charge in [-0.2, -0.15) is 0 Å². The van der Waals surface area contributed by atoms with Crippen LogP contribution in [0.2, 0.25) is 0 Å². The number of carbonyl (C=O) groups excluding carboxylic acids is 2. The van der Waals surface area contributed by atoms with E-state index in [1.165, 1.54) is 0 Å². The van der Waals surface area contributed by atoms with Crippen LogP contribution in [0, 0.1) is 53.3 Å². The van der Waals surface area contributed by atoms with Crippen LogP contribution >= 0.6 is 0 Å². The summed E-state index contributed by atoms with van der Waals surface area (Å²) in [5.74, 6) is 2.01. The Kier molecular flexibility index (Phi) is 8.30. The van der Waals surface area contributed by atoms with Gasteiger partial charge in [0.15, 0.2) is 9.84 Å². The Morgan fingerprint density at radius 3 is 2.45 bits per heavy atom. The number of ether oxygens (including phenoxy) is 1. The molecule has 0 aromatic heterocycles. The van der Waals surface area contributed by atoms with Gasteiger partial charge in [-0.05, 0) is 111 Å². The minimum atomic E-state index is -3.48. The largest absolute Gasteiger partial charge is 0.465 e. The summed E-state index contributed by atoms with van der Waals surface area (Å²) < 4.78 is 30.4. The lowest BCUT2D eigenvalue weighted by Gasteiger charge is -2.60. The molecule has 0 spiro atoms. The molecule has 1 N–H and O–H groups in total. The summed E-state index contributed by atoms with van der Waals surface area (Å²) >= 11 is 0. The van der Waals surface area contributed by atoms with Crippen LogP contribution in [0.3, 0.4) is 0 Å². The molecular weight excluding hydrogens is 524 g/mol. The Morgan fingerprint density at radius 2 is 1.73 bits per heavy atom. The smallest absolute Gasteiger partial charge is 0.305 e. The number of rotatable bonds is 8. The van der Waals surface area contributed by atoms with Crippen molar-refractivity contribution in [3.05, 3.63) is 29.8 Å². The van der Waals surface area contributed by atoms with Crippen LogP contribution in [-0.4, -0.2) is 43.7 Å². The third kappa shape index (κ3) is 5.42. The highest BCUT2D eigenvalue weighted by molar-refractivity contribution is 7.91. The molecule has 0 amide bonds. The van der Waals surface area contributed by atoms with Gasteiger partial charge in [-0.3, -0.25) is 9.59 Å². The molecular formula is C33H48O6S. The third-order valence-electron chi connectivity index (χ3n) is 12.0.